The topological polar surface area (TPSA) is 173 Å². The molecule has 0 radical (unpaired) electrons. The van der Waals surface area contributed by atoms with Crippen LogP contribution in [0.3, 0.4) is 0 Å². The van der Waals surface area contributed by atoms with Gasteiger partial charge in [-0.25, -0.2) is 4.79 Å². The van der Waals surface area contributed by atoms with Gasteiger partial charge in [0.05, 0.1) is 12.1 Å². The Morgan fingerprint density at radius 3 is 2.36 bits per heavy atom. The van der Waals surface area contributed by atoms with Gasteiger partial charge in [-0.05, 0) is 43.9 Å². The Labute approximate surface area is 209 Å². The van der Waals surface area contributed by atoms with Crippen LogP contribution in [0.1, 0.15) is 39.2 Å². The minimum atomic E-state index is -1.55. The number of carbonyl (C=O) groups is 4. The van der Waals surface area contributed by atoms with Crippen molar-refractivity contribution in [1.29, 1.82) is 0 Å². The van der Waals surface area contributed by atoms with Crippen LogP contribution in [0, 0.1) is 5.92 Å². The third-order valence-electron chi connectivity index (χ3n) is 6.40. The lowest BCUT2D eigenvalue weighted by Gasteiger charge is -2.27. The van der Waals surface area contributed by atoms with Gasteiger partial charge in [-0.2, -0.15) is 0 Å². The summed E-state index contributed by atoms with van der Waals surface area (Å²) in [5.74, 6) is -3.25. The summed E-state index contributed by atoms with van der Waals surface area (Å²) in [5, 5.41) is 31.0. The molecule has 2 heterocycles. The number of H-pyrrole nitrogens is 1. The van der Waals surface area contributed by atoms with Gasteiger partial charge >= 0.3 is 5.97 Å². The normalized spacial score (nSPS) is 18.9. The average Bonchev–Trinajstić information content (AvgIpc) is 3.50. The molecule has 11 heteroatoms. The van der Waals surface area contributed by atoms with E-state index < -0.39 is 42.0 Å². The molecule has 3 rings (SSSR count). The molecule has 5 unspecified atom stereocenters. The monoisotopic (exact) mass is 501 g/mol. The van der Waals surface area contributed by atoms with E-state index in [2.05, 4.69) is 26.3 Å². The second-order valence-corrected chi connectivity index (χ2v) is 9.57. The van der Waals surface area contributed by atoms with Gasteiger partial charge in [-0.15, -0.1) is 0 Å². The summed E-state index contributed by atoms with van der Waals surface area (Å²) in [5.41, 5.74) is 1.59. The van der Waals surface area contributed by atoms with Crippen molar-refractivity contribution in [2.75, 3.05) is 6.54 Å². The lowest BCUT2D eigenvalue weighted by molar-refractivity contribution is -0.145. The largest absolute Gasteiger partial charge is 0.480 e. The highest BCUT2D eigenvalue weighted by atomic mass is 16.4. The molecule has 0 aliphatic carbocycles. The maximum atomic E-state index is 13.3. The molecule has 1 saturated heterocycles. The Morgan fingerprint density at radius 2 is 1.75 bits per heavy atom. The third kappa shape index (κ3) is 6.61. The van der Waals surface area contributed by atoms with Crippen LogP contribution in [0.5, 0.6) is 0 Å². The molecule has 2 aromatic rings. The molecule has 11 nitrogen and oxygen atoms in total. The van der Waals surface area contributed by atoms with Crippen molar-refractivity contribution in [1.82, 2.24) is 26.3 Å². The van der Waals surface area contributed by atoms with E-state index in [4.69, 9.17) is 0 Å². The summed E-state index contributed by atoms with van der Waals surface area (Å²) in [6.45, 7) is 5.57. The molecular formula is C25H35N5O6. The van der Waals surface area contributed by atoms with E-state index in [-0.39, 0.29) is 24.3 Å². The van der Waals surface area contributed by atoms with E-state index >= 15 is 0 Å². The highest BCUT2D eigenvalue weighted by Gasteiger charge is 2.34. The van der Waals surface area contributed by atoms with Crippen LogP contribution in [0.25, 0.3) is 10.9 Å². The van der Waals surface area contributed by atoms with Gasteiger partial charge in [0.15, 0.2) is 6.04 Å². The van der Waals surface area contributed by atoms with Crippen LogP contribution in [-0.4, -0.2) is 75.7 Å². The molecule has 0 saturated carbocycles. The van der Waals surface area contributed by atoms with Crippen LogP contribution in [0.15, 0.2) is 30.5 Å². The second-order valence-electron chi connectivity index (χ2n) is 9.57. The number of amides is 3. The molecule has 0 bridgehead atoms. The number of nitrogens with one attached hydrogen (secondary N) is 5. The van der Waals surface area contributed by atoms with Crippen molar-refractivity contribution in [2.24, 2.45) is 5.92 Å². The number of aromatic nitrogens is 1. The minimum absolute atomic E-state index is 0.0661. The summed E-state index contributed by atoms with van der Waals surface area (Å²) in [4.78, 5) is 53.8. The van der Waals surface area contributed by atoms with E-state index in [1.165, 1.54) is 6.92 Å². The van der Waals surface area contributed by atoms with Gasteiger partial charge in [0, 0.05) is 23.5 Å². The van der Waals surface area contributed by atoms with Crippen molar-refractivity contribution >= 4 is 34.6 Å². The zero-order valence-corrected chi connectivity index (χ0v) is 20.7. The Hall–Kier alpha value is -3.44. The summed E-state index contributed by atoms with van der Waals surface area (Å²) < 4.78 is 0. The van der Waals surface area contributed by atoms with Gasteiger partial charge in [0.1, 0.15) is 12.1 Å². The molecule has 7 N–H and O–H groups in total. The van der Waals surface area contributed by atoms with Gasteiger partial charge in [-0.3, -0.25) is 14.4 Å². The lowest BCUT2D eigenvalue weighted by atomic mass is 10.00. The predicted molar refractivity (Wildman–Crippen MR) is 133 cm³/mol. The van der Waals surface area contributed by atoms with Crippen molar-refractivity contribution in [3.8, 4) is 0 Å². The van der Waals surface area contributed by atoms with Crippen molar-refractivity contribution in [2.45, 2.75) is 70.3 Å². The number of aliphatic carboxylic acids is 1. The number of hydrogen-bond donors (Lipinski definition) is 7. The first kappa shape index (κ1) is 27.2. The number of hydrogen-bond acceptors (Lipinski definition) is 6. The molecule has 5 atom stereocenters. The fourth-order valence-electron chi connectivity index (χ4n) is 4.33. The molecule has 3 amide bonds. The van der Waals surface area contributed by atoms with Crippen molar-refractivity contribution < 1.29 is 29.4 Å². The molecule has 1 aromatic carbocycles. The number of aliphatic hydroxyl groups excluding tert-OH is 1. The first-order valence-corrected chi connectivity index (χ1v) is 12.2. The number of fused-ring (bicyclic) bond motifs is 1. The molecule has 36 heavy (non-hydrogen) atoms. The number of aromatic amines is 1. The fourth-order valence-corrected chi connectivity index (χ4v) is 4.33. The molecule has 1 aliphatic rings. The Bertz CT molecular complexity index is 1090. The summed E-state index contributed by atoms with van der Waals surface area (Å²) in [6, 6.07) is 3.50. The quantitative estimate of drug-likeness (QED) is 0.228. The van der Waals surface area contributed by atoms with E-state index in [0.29, 0.717) is 6.42 Å². The van der Waals surface area contributed by atoms with Gasteiger partial charge in [0.25, 0.3) is 0 Å². The zero-order valence-electron chi connectivity index (χ0n) is 20.7. The Morgan fingerprint density at radius 1 is 1.03 bits per heavy atom. The van der Waals surface area contributed by atoms with E-state index in [0.717, 1.165) is 29.4 Å². The first-order chi connectivity index (χ1) is 17.1. The molecule has 1 fully saturated rings. The second kappa shape index (κ2) is 12.0. The molecule has 1 aliphatic heterocycles. The van der Waals surface area contributed by atoms with Crippen LogP contribution >= 0.6 is 0 Å². The van der Waals surface area contributed by atoms with Crippen molar-refractivity contribution in [3.63, 3.8) is 0 Å². The van der Waals surface area contributed by atoms with Crippen LogP contribution in [-0.2, 0) is 25.6 Å². The predicted octanol–water partition coefficient (Wildman–Crippen LogP) is 0.0382. The number of carbonyl (C=O) groups excluding carboxylic acids is 3. The van der Waals surface area contributed by atoms with E-state index in [9.17, 15) is 29.4 Å². The number of rotatable bonds is 11. The van der Waals surface area contributed by atoms with E-state index in [1.54, 1.807) is 20.0 Å². The third-order valence-corrected chi connectivity index (χ3v) is 6.40. The number of carboxylic acids is 1. The minimum Gasteiger partial charge on any atom is -0.480 e. The lowest BCUT2D eigenvalue weighted by Crippen LogP contribution is -2.59. The maximum absolute atomic E-state index is 13.3. The average molecular weight is 502 g/mol. The number of aliphatic hydroxyl groups is 1. The van der Waals surface area contributed by atoms with Crippen LogP contribution in [0.4, 0.5) is 0 Å². The number of benzene rings is 1. The fraction of sp³-hybridized carbons (Fsp3) is 0.520. The highest BCUT2D eigenvalue weighted by molar-refractivity contribution is 5.95. The SMILES string of the molecule is CC(C)C(NC(=O)C1CCCN1)C(=O)NC(Cc1c[nH]c2ccccc12)C(=O)NC(C(=O)O)C(C)O. The maximum Gasteiger partial charge on any atom is 0.328 e. The van der Waals surface area contributed by atoms with Crippen LogP contribution < -0.4 is 21.3 Å². The molecule has 1 aromatic heterocycles. The van der Waals surface area contributed by atoms with Crippen molar-refractivity contribution in [3.05, 3.63) is 36.0 Å². The van der Waals surface area contributed by atoms with Gasteiger partial charge < -0.3 is 36.5 Å². The first-order valence-electron chi connectivity index (χ1n) is 12.2. The molecule has 0 spiro atoms. The highest BCUT2D eigenvalue weighted by Crippen LogP contribution is 2.19. The Balaban J connectivity index is 1.82. The standard InChI is InChI=1S/C25H35N5O6/c1-13(2)20(29-22(32)18-9-6-10-26-18)24(34)28-19(23(33)30-21(14(3)31)25(35)36)11-15-12-27-17-8-5-4-7-16(15)17/h4-5,7-8,12-14,18-21,26-27,31H,6,9-11H2,1-3H3,(H,28,34)(H,29,32)(H,30,33)(H,35,36). The number of para-hydroxylation sites is 1. The molecular weight excluding hydrogens is 466 g/mol. The smallest absolute Gasteiger partial charge is 0.328 e. The summed E-state index contributed by atoms with van der Waals surface area (Å²) in [7, 11) is 0. The summed E-state index contributed by atoms with van der Waals surface area (Å²) >= 11 is 0. The Kier molecular flexibility index (Phi) is 9.05. The van der Waals surface area contributed by atoms with Crippen LogP contribution in [0.2, 0.25) is 0 Å². The molecule has 196 valence electrons. The van der Waals surface area contributed by atoms with Gasteiger partial charge in [-0.1, -0.05) is 32.0 Å². The zero-order chi connectivity index (χ0) is 26.4. The van der Waals surface area contributed by atoms with Gasteiger partial charge in [0.2, 0.25) is 17.7 Å². The van der Waals surface area contributed by atoms with E-state index in [1.807, 2.05) is 24.3 Å². The number of carboxylic acid groups (broad SMARTS) is 1. The summed E-state index contributed by atoms with van der Waals surface area (Å²) in [6.07, 6.45) is 2.00.